The van der Waals surface area contributed by atoms with Gasteiger partial charge in [-0.1, -0.05) is 5.21 Å². The Kier molecular flexibility index (Phi) is 1.95. The summed E-state index contributed by atoms with van der Waals surface area (Å²) in [5, 5.41) is 15.0. The SMILES string of the molecule is O=CCn1cc(C(=O)O)nn1. The maximum absolute atomic E-state index is 10.2. The molecule has 6 heteroatoms. The molecule has 0 saturated carbocycles. The lowest BCUT2D eigenvalue weighted by Crippen LogP contribution is -1.99. The highest BCUT2D eigenvalue weighted by atomic mass is 16.4. The molecule has 0 aromatic carbocycles. The number of rotatable bonds is 3. The zero-order valence-electron chi connectivity index (χ0n) is 5.47. The molecule has 11 heavy (non-hydrogen) atoms. The van der Waals surface area contributed by atoms with Gasteiger partial charge in [0, 0.05) is 0 Å². The molecule has 0 spiro atoms. The molecule has 1 N–H and O–H groups in total. The van der Waals surface area contributed by atoms with E-state index in [0.29, 0.717) is 6.29 Å². The molecule has 0 atom stereocenters. The third-order valence-electron chi connectivity index (χ3n) is 1.02. The molecule has 6 nitrogen and oxygen atoms in total. The van der Waals surface area contributed by atoms with Crippen molar-refractivity contribution in [2.45, 2.75) is 6.54 Å². The summed E-state index contributed by atoms with van der Waals surface area (Å²) in [6, 6.07) is 0. The van der Waals surface area contributed by atoms with Crippen LogP contribution in [0.3, 0.4) is 0 Å². The van der Waals surface area contributed by atoms with Crippen LogP contribution in [0.5, 0.6) is 0 Å². The fourth-order valence-electron chi connectivity index (χ4n) is 0.562. The van der Waals surface area contributed by atoms with Crippen molar-refractivity contribution in [3.63, 3.8) is 0 Å². The van der Waals surface area contributed by atoms with Gasteiger partial charge < -0.3 is 9.90 Å². The van der Waals surface area contributed by atoms with E-state index in [4.69, 9.17) is 5.11 Å². The van der Waals surface area contributed by atoms with Crippen LogP contribution in [-0.4, -0.2) is 32.4 Å². The van der Waals surface area contributed by atoms with Gasteiger partial charge in [-0.2, -0.15) is 0 Å². The van der Waals surface area contributed by atoms with Crippen LogP contribution in [-0.2, 0) is 11.3 Å². The zero-order valence-corrected chi connectivity index (χ0v) is 5.47. The van der Waals surface area contributed by atoms with Crippen molar-refractivity contribution < 1.29 is 14.7 Å². The molecule has 1 rings (SSSR count). The molecular formula is C5H5N3O3. The Morgan fingerprint density at radius 1 is 1.82 bits per heavy atom. The van der Waals surface area contributed by atoms with Crippen LogP contribution in [0.15, 0.2) is 6.20 Å². The number of nitrogens with zero attached hydrogens (tertiary/aromatic N) is 3. The van der Waals surface area contributed by atoms with Crippen molar-refractivity contribution >= 4 is 12.3 Å². The van der Waals surface area contributed by atoms with Gasteiger partial charge in [-0.3, -0.25) is 0 Å². The fraction of sp³-hybridized carbons (Fsp3) is 0.200. The van der Waals surface area contributed by atoms with Gasteiger partial charge in [0.05, 0.1) is 12.7 Å². The lowest BCUT2D eigenvalue weighted by molar-refractivity contribution is -0.108. The molecule has 58 valence electrons. The Balaban J connectivity index is 2.81. The van der Waals surface area contributed by atoms with E-state index in [1.807, 2.05) is 0 Å². The van der Waals surface area contributed by atoms with Crippen molar-refractivity contribution in [2.24, 2.45) is 0 Å². The smallest absolute Gasteiger partial charge is 0.358 e. The predicted octanol–water partition coefficient (Wildman–Crippen LogP) is -0.825. The zero-order chi connectivity index (χ0) is 8.27. The van der Waals surface area contributed by atoms with Gasteiger partial charge in [0.25, 0.3) is 0 Å². The number of carbonyl (C=O) groups excluding carboxylic acids is 1. The van der Waals surface area contributed by atoms with Gasteiger partial charge in [-0.15, -0.1) is 5.10 Å². The van der Waals surface area contributed by atoms with Crippen molar-refractivity contribution in [1.82, 2.24) is 15.0 Å². The number of carboxylic acids is 1. The topological polar surface area (TPSA) is 85.1 Å². The lowest BCUT2D eigenvalue weighted by Gasteiger charge is -1.85. The minimum absolute atomic E-state index is 0.0281. The molecule has 0 aliphatic rings. The van der Waals surface area contributed by atoms with Crippen LogP contribution in [0, 0.1) is 0 Å². The molecule has 0 aliphatic carbocycles. The standard InChI is InChI=1S/C5H5N3O3/c9-2-1-8-3-4(5(10)11)6-7-8/h2-3H,1H2,(H,10,11). The Labute approximate surface area is 61.4 Å². The number of carboxylic acid groups (broad SMARTS) is 1. The van der Waals surface area contributed by atoms with E-state index in [1.165, 1.54) is 6.20 Å². The number of hydrogen-bond acceptors (Lipinski definition) is 4. The highest BCUT2D eigenvalue weighted by Crippen LogP contribution is 1.90. The van der Waals surface area contributed by atoms with Crippen LogP contribution in [0.4, 0.5) is 0 Å². The van der Waals surface area contributed by atoms with E-state index >= 15 is 0 Å². The Morgan fingerprint density at radius 2 is 2.55 bits per heavy atom. The van der Waals surface area contributed by atoms with Crippen LogP contribution in [0.25, 0.3) is 0 Å². The molecule has 0 aliphatic heterocycles. The Hall–Kier alpha value is -1.72. The summed E-state index contributed by atoms with van der Waals surface area (Å²) in [7, 11) is 0. The van der Waals surface area contributed by atoms with Crippen LogP contribution in [0.2, 0.25) is 0 Å². The van der Waals surface area contributed by atoms with E-state index in [2.05, 4.69) is 10.3 Å². The summed E-state index contributed by atoms with van der Waals surface area (Å²) in [5.41, 5.74) is -0.160. The van der Waals surface area contributed by atoms with Gasteiger partial charge in [0.1, 0.15) is 6.29 Å². The monoisotopic (exact) mass is 155 g/mol. The Morgan fingerprint density at radius 3 is 3.00 bits per heavy atom. The van der Waals surface area contributed by atoms with E-state index in [1.54, 1.807) is 0 Å². The third kappa shape index (κ3) is 1.60. The second kappa shape index (κ2) is 2.91. The summed E-state index contributed by atoms with van der Waals surface area (Å²) in [6.07, 6.45) is 1.80. The van der Waals surface area contributed by atoms with Gasteiger partial charge in [0.15, 0.2) is 5.69 Å². The predicted molar refractivity (Wildman–Crippen MR) is 33.0 cm³/mol. The molecule has 1 aromatic heterocycles. The molecule has 0 bridgehead atoms. The average molecular weight is 155 g/mol. The highest BCUT2D eigenvalue weighted by Gasteiger charge is 2.06. The summed E-state index contributed by atoms with van der Waals surface area (Å²) in [5.74, 6) is -1.15. The summed E-state index contributed by atoms with van der Waals surface area (Å²) >= 11 is 0. The maximum atomic E-state index is 10.2. The minimum Gasteiger partial charge on any atom is -0.476 e. The first-order valence-corrected chi connectivity index (χ1v) is 2.81. The van der Waals surface area contributed by atoms with Crippen LogP contribution < -0.4 is 0 Å². The molecule has 0 fully saturated rings. The number of aromatic carboxylic acids is 1. The molecule has 1 aromatic rings. The average Bonchev–Trinajstić information content (AvgIpc) is 2.37. The van der Waals surface area contributed by atoms with Crippen LogP contribution >= 0.6 is 0 Å². The number of carbonyl (C=O) groups is 2. The third-order valence-corrected chi connectivity index (χ3v) is 1.02. The first kappa shape index (κ1) is 7.39. The van der Waals surface area contributed by atoms with E-state index in [-0.39, 0.29) is 12.2 Å². The largest absolute Gasteiger partial charge is 0.476 e. The van der Waals surface area contributed by atoms with Crippen LogP contribution in [0.1, 0.15) is 10.5 Å². The van der Waals surface area contributed by atoms with Gasteiger partial charge in [-0.05, 0) is 0 Å². The van der Waals surface area contributed by atoms with E-state index in [0.717, 1.165) is 4.68 Å². The van der Waals surface area contributed by atoms with Gasteiger partial charge in [-0.25, -0.2) is 9.48 Å². The first-order chi connectivity index (χ1) is 5.24. The van der Waals surface area contributed by atoms with Crippen molar-refractivity contribution in [3.05, 3.63) is 11.9 Å². The summed E-state index contributed by atoms with van der Waals surface area (Å²) < 4.78 is 1.15. The molecule has 0 radical (unpaired) electrons. The summed E-state index contributed by atoms with van der Waals surface area (Å²) in [4.78, 5) is 20.1. The van der Waals surface area contributed by atoms with Crippen molar-refractivity contribution in [1.29, 1.82) is 0 Å². The molecule has 0 saturated heterocycles. The number of aromatic nitrogens is 3. The number of hydrogen-bond donors (Lipinski definition) is 1. The normalized spacial score (nSPS) is 9.45. The second-order valence-corrected chi connectivity index (χ2v) is 1.80. The highest BCUT2D eigenvalue weighted by molar-refractivity contribution is 5.84. The second-order valence-electron chi connectivity index (χ2n) is 1.80. The van der Waals surface area contributed by atoms with E-state index < -0.39 is 5.97 Å². The molecule has 0 amide bonds. The van der Waals surface area contributed by atoms with E-state index in [9.17, 15) is 9.59 Å². The van der Waals surface area contributed by atoms with Crippen molar-refractivity contribution in [3.8, 4) is 0 Å². The molecule has 1 heterocycles. The quantitative estimate of drug-likeness (QED) is 0.576. The Bertz CT molecular complexity index is 280. The maximum Gasteiger partial charge on any atom is 0.358 e. The fourth-order valence-corrected chi connectivity index (χ4v) is 0.562. The lowest BCUT2D eigenvalue weighted by atomic mass is 10.5. The van der Waals surface area contributed by atoms with Crippen molar-refractivity contribution in [2.75, 3.05) is 0 Å². The van der Waals surface area contributed by atoms with Gasteiger partial charge >= 0.3 is 5.97 Å². The minimum atomic E-state index is -1.15. The molecular weight excluding hydrogens is 150 g/mol. The first-order valence-electron chi connectivity index (χ1n) is 2.81. The molecule has 0 unspecified atom stereocenters. The van der Waals surface area contributed by atoms with Gasteiger partial charge in [0.2, 0.25) is 0 Å². The number of aldehydes is 1. The summed E-state index contributed by atoms with van der Waals surface area (Å²) in [6.45, 7) is 0.0281.